The Balaban J connectivity index is 1.84. The van der Waals surface area contributed by atoms with Gasteiger partial charge in [-0.3, -0.25) is 0 Å². The van der Waals surface area contributed by atoms with E-state index >= 15 is 0 Å². The molecule has 0 atom stereocenters. The third-order valence-corrected chi connectivity index (χ3v) is 6.20. The molecule has 27 heavy (non-hydrogen) atoms. The standard InChI is InChI=1S/C19H17ClN2O4S/c20-15-6-8-16(9-7-15)27(23,24)18-19(22-10-12-25-13-11-22)26-17(21-18)14-4-2-1-3-5-14/h1-9H,10-13H2. The molecule has 8 heteroatoms. The summed E-state index contributed by atoms with van der Waals surface area (Å²) < 4.78 is 37.8. The molecular formula is C19H17ClN2O4S. The van der Waals surface area contributed by atoms with Crippen LogP contribution in [0.4, 0.5) is 5.88 Å². The van der Waals surface area contributed by atoms with E-state index in [1.165, 1.54) is 12.1 Å². The van der Waals surface area contributed by atoms with Gasteiger partial charge < -0.3 is 14.1 Å². The minimum absolute atomic E-state index is 0.0921. The van der Waals surface area contributed by atoms with Gasteiger partial charge in [0, 0.05) is 23.7 Å². The Bertz CT molecular complexity index is 1030. The number of anilines is 1. The lowest BCUT2D eigenvalue weighted by atomic mass is 10.2. The second-order valence-electron chi connectivity index (χ2n) is 6.05. The summed E-state index contributed by atoms with van der Waals surface area (Å²) in [6.07, 6.45) is 0. The van der Waals surface area contributed by atoms with Gasteiger partial charge in [-0.25, -0.2) is 8.42 Å². The van der Waals surface area contributed by atoms with Gasteiger partial charge in [-0.2, -0.15) is 4.98 Å². The number of hydrogen-bond donors (Lipinski definition) is 0. The van der Waals surface area contributed by atoms with Crippen molar-refractivity contribution >= 4 is 27.3 Å². The number of hydrogen-bond acceptors (Lipinski definition) is 6. The van der Waals surface area contributed by atoms with Crippen LogP contribution >= 0.6 is 11.6 Å². The number of oxazole rings is 1. The van der Waals surface area contributed by atoms with Crippen LogP contribution in [0.15, 0.2) is 68.9 Å². The third kappa shape index (κ3) is 3.58. The van der Waals surface area contributed by atoms with Crippen LogP contribution in [0.1, 0.15) is 0 Å². The first-order valence-corrected chi connectivity index (χ1v) is 10.3. The van der Waals surface area contributed by atoms with Crippen molar-refractivity contribution in [1.82, 2.24) is 4.98 Å². The van der Waals surface area contributed by atoms with Crippen molar-refractivity contribution in [3.8, 4) is 11.5 Å². The zero-order valence-corrected chi connectivity index (χ0v) is 15.9. The first kappa shape index (κ1) is 18.0. The van der Waals surface area contributed by atoms with Gasteiger partial charge in [0.1, 0.15) is 0 Å². The second-order valence-corrected chi connectivity index (χ2v) is 8.35. The molecule has 0 aliphatic carbocycles. The fourth-order valence-electron chi connectivity index (χ4n) is 2.87. The van der Waals surface area contributed by atoms with Gasteiger partial charge in [0.05, 0.1) is 18.1 Å². The normalized spacial score (nSPS) is 15.1. The largest absolute Gasteiger partial charge is 0.419 e. The minimum atomic E-state index is -3.87. The average Bonchev–Trinajstić information content (AvgIpc) is 3.16. The van der Waals surface area contributed by atoms with E-state index in [9.17, 15) is 8.42 Å². The predicted octanol–water partition coefficient (Wildman–Crippen LogP) is 3.66. The molecule has 0 spiro atoms. The van der Waals surface area contributed by atoms with E-state index in [1.54, 1.807) is 12.1 Å². The van der Waals surface area contributed by atoms with Crippen molar-refractivity contribution in [2.45, 2.75) is 9.92 Å². The van der Waals surface area contributed by atoms with E-state index in [4.69, 9.17) is 20.8 Å². The second kappa shape index (κ2) is 7.34. The zero-order valence-electron chi connectivity index (χ0n) is 14.3. The van der Waals surface area contributed by atoms with E-state index in [0.717, 1.165) is 0 Å². The molecule has 1 fully saturated rings. The summed E-state index contributed by atoms with van der Waals surface area (Å²) in [5.41, 5.74) is 0.713. The van der Waals surface area contributed by atoms with Crippen LogP contribution in [-0.4, -0.2) is 39.7 Å². The Morgan fingerprint density at radius 1 is 0.963 bits per heavy atom. The lowest BCUT2D eigenvalue weighted by molar-refractivity contribution is 0.120. The molecule has 6 nitrogen and oxygen atoms in total. The Morgan fingerprint density at radius 3 is 2.30 bits per heavy atom. The molecule has 0 N–H and O–H groups in total. The molecule has 2 heterocycles. The molecule has 0 bridgehead atoms. The van der Waals surface area contributed by atoms with Crippen molar-refractivity contribution < 1.29 is 17.6 Å². The molecule has 0 unspecified atom stereocenters. The highest BCUT2D eigenvalue weighted by atomic mass is 35.5. The third-order valence-electron chi connectivity index (χ3n) is 4.28. The lowest BCUT2D eigenvalue weighted by Crippen LogP contribution is -2.36. The number of benzene rings is 2. The molecule has 0 radical (unpaired) electrons. The molecule has 2 aromatic carbocycles. The van der Waals surface area contributed by atoms with Gasteiger partial charge in [0.25, 0.3) is 0 Å². The summed E-state index contributed by atoms with van der Waals surface area (Å²) in [6.45, 7) is 2.07. The van der Waals surface area contributed by atoms with Gasteiger partial charge in [-0.15, -0.1) is 0 Å². The fourth-order valence-corrected chi connectivity index (χ4v) is 4.32. The lowest BCUT2D eigenvalue weighted by Gasteiger charge is -2.26. The van der Waals surface area contributed by atoms with Gasteiger partial charge in [-0.1, -0.05) is 29.8 Å². The first-order valence-electron chi connectivity index (χ1n) is 8.45. The number of sulfone groups is 1. The van der Waals surface area contributed by atoms with Crippen LogP contribution in [0.25, 0.3) is 11.5 Å². The molecule has 1 saturated heterocycles. The Morgan fingerprint density at radius 2 is 1.63 bits per heavy atom. The van der Waals surface area contributed by atoms with Crippen molar-refractivity contribution in [1.29, 1.82) is 0 Å². The van der Waals surface area contributed by atoms with E-state index in [2.05, 4.69) is 4.98 Å². The topological polar surface area (TPSA) is 72.6 Å². The van der Waals surface area contributed by atoms with Crippen LogP contribution in [0.2, 0.25) is 5.02 Å². The van der Waals surface area contributed by atoms with Crippen molar-refractivity contribution in [2.75, 3.05) is 31.2 Å². The van der Waals surface area contributed by atoms with Crippen molar-refractivity contribution in [2.24, 2.45) is 0 Å². The van der Waals surface area contributed by atoms with Crippen LogP contribution in [0.3, 0.4) is 0 Å². The van der Waals surface area contributed by atoms with Crippen molar-refractivity contribution in [3.05, 3.63) is 59.6 Å². The monoisotopic (exact) mass is 404 g/mol. The molecule has 1 aromatic heterocycles. The maximum atomic E-state index is 13.2. The van der Waals surface area contributed by atoms with E-state index < -0.39 is 9.84 Å². The molecule has 1 aliphatic heterocycles. The average molecular weight is 405 g/mol. The smallest absolute Gasteiger partial charge is 0.236 e. The molecule has 1 aliphatic rings. The number of rotatable bonds is 4. The highest BCUT2D eigenvalue weighted by Gasteiger charge is 2.32. The quantitative estimate of drug-likeness (QED) is 0.660. The van der Waals surface area contributed by atoms with Crippen LogP contribution in [-0.2, 0) is 14.6 Å². The van der Waals surface area contributed by atoms with E-state index in [-0.39, 0.29) is 21.7 Å². The van der Waals surface area contributed by atoms with Crippen LogP contribution < -0.4 is 4.90 Å². The fraction of sp³-hybridized carbons (Fsp3) is 0.211. The molecule has 0 amide bonds. The summed E-state index contributed by atoms with van der Waals surface area (Å²) in [5, 5.41) is 0.373. The van der Waals surface area contributed by atoms with E-state index in [0.29, 0.717) is 36.9 Å². The molecule has 0 saturated carbocycles. The number of morpholine rings is 1. The van der Waals surface area contributed by atoms with Gasteiger partial charge in [-0.05, 0) is 36.4 Å². The maximum Gasteiger partial charge on any atom is 0.236 e. The van der Waals surface area contributed by atoms with Gasteiger partial charge in [0.15, 0.2) is 0 Å². The highest BCUT2D eigenvalue weighted by Crippen LogP contribution is 2.35. The SMILES string of the molecule is O=S(=O)(c1ccc(Cl)cc1)c1nc(-c2ccccc2)oc1N1CCOCC1. The number of aromatic nitrogens is 1. The number of ether oxygens (including phenoxy) is 1. The zero-order chi connectivity index (χ0) is 18.9. The highest BCUT2D eigenvalue weighted by molar-refractivity contribution is 7.91. The van der Waals surface area contributed by atoms with Gasteiger partial charge in [0.2, 0.25) is 26.6 Å². The maximum absolute atomic E-state index is 13.2. The summed E-state index contributed by atoms with van der Waals surface area (Å²) in [7, 11) is -3.87. The summed E-state index contributed by atoms with van der Waals surface area (Å²) in [6, 6.07) is 15.3. The van der Waals surface area contributed by atoms with E-state index in [1.807, 2.05) is 35.2 Å². The van der Waals surface area contributed by atoms with Crippen LogP contribution in [0, 0.1) is 0 Å². The Hall–Kier alpha value is -2.35. The van der Waals surface area contributed by atoms with Crippen LogP contribution in [0.5, 0.6) is 0 Å². The molecule has 3 aromatic rings. The molecular weight excluding hydrogens is 388 g/mol. The minimum Gasteiger partial charge on any atom is -0.419 e. The summed E-state index contributed by atoms with van der Waals surface area (Å²) in [4.78, 5) is 6.33. The van der Waals surface area contributed by atoms with Gasteiger partial charge >= 0.3 is 0 Å². The molecule has 4 rings (SSSR count). The number of nitrogens with zero attached hydrogens (tertiary/aromatic N) is 2. The summed E-state index contributed by atoms with van der Waals surface area (Å²) >= 11 is 5.89. The summed E-state index contributed by atoms with van der Waals surface area (Å²) in [5.74, 6) is 0.511. The predicted molar refractivity (Wildman–Crippen MR) is 102 cm³/mol. The Labute approximate surface area is 162 Å². The Kier molecular flexibility index (Phi) is 4.90. The van der Waals surface area contributed by atoms with Crippen molar-refractivity contribution in [3.63, 3.8) is 0 Å². The molecule has 140 valence electrons. The number of halogens is 1. The first-order chi connectivity index (χ1) is 13.1.